The molecule has 1 amide bonds. The van der Waals surface area contributed by atoms with Gasteiger partial charge in [0.2, 0.25) is 15.9 Å². The number of amides is 1. The van der Waals surface area contributed by atoms with Gasteiger partial charge in [-0.2, -0.15) is 0 Å². The van der Waals surface area contributed by atoms with E-state index in [2.05, 4.69) is 10.3 Å². The molecule has 0 aliphatic heterocycles. The van der Waals surface area contributed by atoms with Gasteiger partial charge in [-0.05, 0) is 36.8 Å². The third kappa shape index (κ3) is 5.46. The van der Waals surface area contributed by atoms with E-state index in [0.717, 1.165) is 16.1 Å². The maximum Gasteiger partial charge on any atom is 0.241 e. The van der Waals surface area contributed by atoms with Crippen LogP contribution in [0.4, 0.5) is 5.69 Å². The summed E-state index contributed by atoms with van der Waals surface area (Å²) in [6.45, 7) is 2.17. The number of rotatable bonds is 8. The lowest BCUT2D eigenvalue weighted by Gasteiger charge is -2.24. The van der Waals surface area contributed by atoms with E-state index in [1.165, 1.54) is 0 Å². The summed E-state index contributed by atoms with van der Waals surface area (Å²) in [5.41, 5.74) is 1.22. The molecule has 0 bridgehead atoms. The summed E-state index contributed by atoms with van der Waals surface area (Å²) in [7, 11) is -3.65. The van der Waals surface area contributed by atoms with Crippen LogP contribution in [-0.2, 0) is 21.4 Å². The topological polar surface area (TPSA) is 88.6 Å². The molecule has 134 valence electrons. The molecule has 0 radical (unpaired) electrons. The zero-order valence-electron chi connectivity index (χ0n) is 14.2. The Balaban J connectivity index is 2.15. The zero-order valence-corrected chi connectivity index (χ0v) is 15.0. The quantitative estimate of drug-likeness (QED) is 0.769. The Bertz CT molecular complexity index is 810. The monoisotopic (exact) mass is 363 g/mol. The number of benzene rings is 1. The number of carbonyl (C=O) groups is 1. The molecular formula is C17H21N3O4S. The molecule has 1 aromatic heterocycles. The molecule has 0 spiro atoms. The largest absolute Gasteiger partial charge is 0.492 e. The van der Waals surface area contributed by atoms with Crippen LogP contribution < -0.4 is 14.4 Å². The number of aromatic nitrogens is 1. The van der Waals surface area contributed by atoms with Gasteiger partial charge in [-0.25, -0.2) is 8.42 Å². The Kier molecular flexibility index (Phi) is 6.35. The average Bonchev–Trinajstić information content (AvgIpc) is 2.59. The van der Waals surface area contributed by atoms with Gasteiger partial charge in [-0.1, -0.05) is 12.1 Å². The molecule has 0 fully saturated rings. The van der Waals surface area contributed by atoms with Crippen molar-refractivity contribution in [3.05, 3.63) is 54.4 Å². The van der Waals surface area contributed by atoms with Crippen LogP contribution in [0.15, 0.2) is 48.8 Å². The average molecular weight is 363 g/mol. The van der Waals surface area contributed by atoms with Crippen LogP contribution in [0, 0.1) is 0 Å². The van der Waals surface area contributed by atoms with Gasteiger partial charge in [0.05, 0.1) is 18.6 Å². The molecule has 0 saturated heterocycles. The van der Waals surface area contributed by atoms with Crippen molar-refractivity contribution in [2.45, 2.75) is 13.5 Å². The van der Waals surface area contributed by atoms with Crippen LogP contribution in [0.5, 0.6) is 5.75 Å². The number of ether oxygens (including phenoxy) is 1. The summed E-state index contributed by atoms with van der Waals surface area (Å²) in [5, 5.41) is 2.71. The Labute approximate surface area is 147 Å². The standard InChI is InChI=1S/C17H21N3O4S/c1-3-24-16-7-5-4-6-15(16)20(25(2,22)23)13-17(21)19-12-14-8-10-18-11-9-14/h4-11H,3,12-13H2,1-2H3,(H,19,21). The first-order valence-corrected chi connectivity index (χ1v) is 9.61. The van der Waals surface area contributed by atoms with Crippen molar-refractivity contribution in [1.82, 2.24) is 10.3 Å². The highest BCUT2D eigenvalue weighted by atomic mass is 32.2. The van der Waals surface area contributed by atoms with Gasteiger partial charge < -0.3 is 10.1 Å². The van der Waals surface area contributed by atoms with Crippen molar-refractivity contribution in [2.75, 3.05) is 23.7 Å². The number of pyridine rings is 1. The van der Waals surface area contributed by atoms with Crippen molar-refractivity contribution in [2.24, 2.45) is 0 Å². The number of hydrogen-bond donors (Lipinski definition) is 1. The van der Waals surface area contributed by atoms with Crippen LogP contribution in [0.1, 0.15) is 12.5 Å². The molecule has 1 aromatic carbocycles. The second-order valence-corrected chi connectivity index (χ2v) is 7.21. The molecule has 0 saturated carbocycles. The molecule has 25 heavy (non-hydrogen) atoms. The highest BCUT2D eigenvalue weighted by Gasteiger charge is 2.23. The predicted octanol–water partition coefficient (Wildman–Crippen LogP) is 1.56. The molecule has 0 atom stereocenters. The second kappa shape index (κ2) is 8.48. The van der Waals surface area contributed by atoms with E-state index < -0.39 is 15.9 Å². The summed E-state index contributed by atoms with van der Waals surface area (Å²) < 4.78 is 30.9. The molecule has 2 rings (SSSR count). The number of nitrogens with one attached hydrogen (secondary N) is 1. The highest BCUT2D eigenvalue weighted by molar-refractivity contribution is 7.92. The molecule has 0 aliphatic carbocycles. The van der Waals surface area contributed by atoms with Gasteiger partial charge in [0.25, 0.3) is 0 Å². The van der Waals surface area contributed by atoms with Crippen LogP contribution >= 0.6 is 0 Å². The summed E-state index contributed by atoms with van der Waals surface area (Å²) in [5.74, 6) is 0.00546. The lowest BCUT2D eigenvalue weighted by molar-refractivity contribution is -0.119. The third-order valence-corrected chi connectivity index (χ3v) is 4.49. The molecular weight excluding hydrogens is 342 g/mol. The number of carbonyl (C=O) groups excluding carboxylic acids is 1. The minimum Gasteiger partial charge on any atom is -0.492 e. The number of nitrogens with zero attached hydrogens (tertiary/aromatic N) is 2. The number of hydrogen-bond acceptors (Lipinski definition) is 5. The maximum atomic E-state index is 12.2. The molecule has 1 heterocycles. The predicted molar refractivity (Wildman–Crippen MR) is 95.9 cm³/mol. The zero-order chi connectivity index (χ0) is 18.3. The highest BCUT2D eigenvalue weighted by Crippen LogP contribution is 2.29. The fourth-order valence-electron chi connectivity index (χ4n) is 2.21. The lowest BCUT2D eigenvalue weighted by atomic mass is 10.2. The van der Waals surface area contributed by atoms with Crippen LogP contribution in [0.2, 0.25) is 0 Å². The van der Waals surface area contributed by atoms with E-state index in [1.807, 2.05) is 6.92 Å². The molecule has 2 aromatic rings. The number of para-hydroxylation sites is 2. The molecule has 0 unspecified atom stereocenters. The van der Waals surface area contributed by atoms with Gasteiger partial charge in [-0.3, -0.25) is 14.1 Å². The first-order chi connectivity index (χ1) is 11.9. The SMILES string of the molecule is CCOc1ccccc1N(CC(=O)NCc1ccncc1)S(C)(=O)=O. The molecule has 7 nitrogen and oxygen atoms in total. The molecule has 8 heteroatoms. The van der Waals surface area contributed by atoms with Crippen molar-refractivity contribution < 1.29 is 17.9 Å². The van der Waals surface area contributed by atoms with Gasteiger partial charge in [-0.15, -0.1) is 0 Å². The normalized spacial score (nSPS) is 11.0. The minimum absolute atomic E-state index is 0.298. The second-order valence-electron chi connectivity index (χ2n) is 5.30. The Morgan fingerprint density at radius 1 is 1.20 bits per heavy atom. The van der Waals surface area contributed by atoms with Crippen LogP contribution in [0.3, 0.4) is 0 Å². The van der Waals surface area contributed by atoms with Crippen molar-refractivity contribution in [1.29, 1.82) is 0 Å². The van der Waals surface area contributed by atoms with Gasteiger partial charge in [0, 0.05) is 18.9 Å². The third-order valence-electron chi connectivity index (χ3n) is 3.36. The van der Waals surface area contributed by atoms with E-state index in [9.17, 15) is 13.2 Å². The van der Waals surface area contributed by atoms with E-state index in [-0.39, 0.29) is 6.54 Å². The van der Waals surface area contributed by atoms with Crippen LogP contribution in [0.25, 0.3) is 0 Å². The number of anilines is 1. The summed E-state index contributed by atoms with van der Waals surface area (Å²) in [6.07, 6.45) is 4.32. The van der Waals surface area contributed by atoms with Crippen molar-refractivity contribution in [3.8, 4) is 5.75 Å². The molecule has 1 N–H and O–H groups in total. The van der Waals surface area contributed by atoms with E-state index in [0.29, 0.717) is 24.6 Å². The van der Waals surface area contributed by atoms with Crippen molar-refractivity contribution >= 4 is 21.6 Å². The maximum absolute atomic E-state index is 12.2. The summed E-state index contributed by atoms with van der Waals surface area (Å²) in [6, 6.07) is 10.3. The first kappa shape index (κ1) is 18.7. The van der Waals surface area contributed by atoms with Gasteiger partial charge in [0.1, 0.15) is 12.3 Å². The number of sulfonamides is 1. The lowest BCUT2D eigenvalue weighted by Crippen LogP contribution is -2.40. The van der Waals surface area contributed by atoms with E-state index >= 15 is 0 Å². The Morgan fingerprint density at radius 2 is 1.88 bits per heavy atom. The Hall–Kier alpha value is -2.61. The van der Waals surface area contributed by atoms with E-state index in [1.54, 1.807) is 48.8 Å². The van der Waals surface area contributed by atoms with E-state index in [4.69, 9.17) is 4.74 Å². The van der Waals surface area contributed by atoms with Crippen LogP contribution in [-0.4, -0.2) is 38.7 Å². The van der Waals surface area contributed by atoms with Gasteiger partial charge >= 0.3 is 0 Å². The first-order valence-electron chi connectivity index (χ1n) is 7.77. The molecule has 0 aliphatic rings. The smallest absolute Gasteiger partial charge is 0.241 e. The van der Waals surface area contributed by atoms with Gasteiger partial charge in [0.15, 0.2) is 0 Å². The summed E-state index contributed by atoms with van der Waals surface area (Å²) >= 11 is 0. The Morgan fingerprint density at radius 3 is 2.52 bits per heavy atom. The fourth-order valence-corrected chi connectivity index (χ4v) is 3.07. The fraction of sp³-hybridized carbons (Fsp3) is 0.294. The van der Waals surface area contributed by atoms with Crippen molar-refractivity contribution in [3.63, 3.8) is 0 Å². The minimum atomic E-state index is -3.65. The summed E-state index contributed by atoms with van der Waals surface area (Å²) in [4.78, 5) is 16.1.